The van der Waals surface area contributed by atoms with Crippen LogP contribution in [0.4, 0.5) is 10.5 Å². The molecule has 1 fully saturated rings. The predicted octanol–water partition coefficient (Wildman–Crippen LogP) is 6.85. The van der Waals surface area contributed by atoms with Crippen molar-refractivity contribution in [1.29, 1.82) is 0 Å². The largest absolute Gasteiger partial charge is 0.490 e. The zero-order chi connectivity index (χ0) is 28.3. The molecule has 0 radical (unpaired) electrons. The fourth-order valence-electron chi connectivity index (χ4n) is 4.67. The molecule has 2 aromatic carbocycles. The summed E-state index contributed by atoms with van der Waals surface area (Å²) in [6.45, 7) is 7.15. The van der Waals surface area contributed by atoms with Gasteiger partial charge in [0.1, 0.15) is 35.5 Å². The Hall–Kier alpha value is -3.98. The van der Waals surface area contributed by atoms with E-state index in [1.54, 1.807) is 16.2 Å². The first-order valence-electron chi connectivity index (χ1n) is 13.5. The lowest BCUT2D eigenvalue weighted by Crippen LogP contribution is -2.44. The Morgan fingerprint density at radius 3 is 2.40 bits per heavy atom. The summed E-state index contributed by atoms with van der Waals surface area (Å²) < 4.78 is 20.7. The fourth-order valence-corrected chi connectivity index (χ4v) is 5.52. The van der Waals surface area contributed by atoms with Crippen molar-refractivity contribution in [3.63, 3.8) is 0 Å². The number of rotatable bonds is 7. The first-order chi connectivity index (χ1) is 19.2. The van der Waals surface area contributed by atoms with Crippen molar-refractivity contribution in [2.45, 2.75) is 51.9 Å². The summed E-state index contributed by atoms with van der Waals surface area (Å²) in [5.41, 5.74) is 2.76. The number of carbonyl (C=O) groups is 2. The van der Waals surface area contributed by atoms with Crippen LogP contribution in [-0.2, 0) is 18.4 Å². The van der Waals surface area contributed by atoms with Crippen LogP contribution in [0.3, 0.4) is 0 Å². The number of hydrogen-bond acceptors (Lipinski definition) is 6. The Morgan fingerprint density at radius 1 is 1.00 bits per heavy atom. The van der Waals surface area contributed by atoms with Gasteiger partial charge in [-0.25, -0.2) is 4.79 Å². The molecule has 1 aliphatic rings. The molecule has 8 nitrogen and oxygen atoms in total. The lowest BCUT2D eigenvalue weighted by molar-refractivity contribution is 0.0126. The summed E-state index contributed by atoms with van der Waals surface area (Å²) in [5.74, 6) is 1.31. The number of carbonyl (C=O) groups excluding carboxylic acids is 2. The molecule has 2 aromatic heterocycles. The van der Waals surface area contributed by atoms with Crippen molar-refractivity contribution < 1.29 is 23.8 Å². The Kier molecular flexibility index (Phi) is 8.02. The molecule has 0 aliphatic carbocycles. The van der Waals surface area contributed by atoms with Crippen LogP contribution in [0.5, 0.6) is 11.5 Å². The number of aryl methyl sites for hydroxylation is 1. The van der Waals surface area contributed by atoms with Crippen LogP contribution in [0.1, 0.15) is 49.7 Å². The average molecular weight is 562 g/mol. The molecule has 210 valence electrons. The first-order valence-corrected chi connectivity index (χ1v) is 14.3. The number of fused-ring (bicyclic) bond motifs is 1. The van der Waals surface area contributed by atoms with E-state index in [4.69, 9.17) is 14.2 Å². The number of thiophene rings is 1. The zero-order valence-corrected chi connectivity index (χ0v) is 24.1. The van der Waals surface area contributed by atoms with E-state index in [1.165, 1.54) is 0 Å². The second kappa shape index (κ2) is 11.6. The standard InChI is InChI=1S/C31H35N3O5S/c1-31(2,3)39-30(36)34-16-13-24(14-17-34)38-23-11-9-22(10-12-23)37-20-21-7-5-6-8-25(21)32-29(35)27-19-28-26(33(27)4)15-18-40-28/h5-12,15,18-19,24H,13-14,16-17,20H2,1-4H3,(H,32,35). The molecule has 0 spiro atoms. The minimum Gasteiger partial charge on any atom is -0.490 e. The van der Waals surface area contributed by atoms with E-state index >= 15 is 0 Å². The molecule has 0 atom stereocenters. The molecule has 0 saturated carbocycles. The number of amides is 2. The van der Waals surface area contributed by atoms with Crippen LogP contribution in [0, 0.1) is 0 Å². The third-order valence-corrected chi connectivity index (χ3v) is 7.63. The second-order valence-electron chi connectivity index (χ2n) is 10.9. The van der Waals surface area contributed by atoms with E-state index in [9.17, 15) is 9.59 Å². The van der Waals surface area contributed by atoms with Gasteiger partial charge in [0.2, 0.25) is 0 Å². The van der Waals surface area contributed by atoms with Gasteiger partial charge >= 0.3 is 6.09 Å². The van der Waals surface area contributed by atoms with Gasteiger partial charge in [-0.3, -0.25) is 4.79 Å². The van der Waals surface area contributed by atoms with E-state index in [2.05, 4.69) is 5.32 Å². The first kappa shape index (κ1) is 27.6. The Balaban J connectivity index is 1.13. The SMILES string of the molecule is Cn1c(C(=O)Nc2ccccc2COc2ccc(OC3CCN(C(=O)OC(C)(C)C)CC3)cc2)cc2sccc21. The third-order valence-electron chi connectivity index (χ3n) is 6.78. The van der Waals surface area contributed by atoms with Crippen molar-refractivity contribution in [2.24, 2.45) is 7.05 Å². The molecule has 0 unspecified atom stereocenters. The molecule has 9 heteroatoms. The van der Waals surface area contributed by atoms with Crippen molar-refractivity contribution in [3.8, 4) is 11.5 Å². The highest BCUT2D eigenvalue weighted by atomic mass is 32.1. The number of piperidine rings is 1. The summed E-state index contributed by atoms with van der Waals surface area (Å²) >= 11 is 1.62. The number of ether oxygens (including phenoxy) is 3. The van der Waals surface area contributed by atoms with Gasteiger partial charge in [-0.15, -0.1) is 11.3 Å². The monoisotopic (exact) mass is 561 g/mol. The van der Waals surface area contributed by atoms with E-state index in [-0.39, 0.29) is 18.1 Å². The number of nitrogens with one attached hydrogen (secondary N) is 1. The maximum atomic E-state index is 13.0. The molecule has 3 heterocycles. The van der Waals surface area contributed by atoms with Crippen molar-refractivity contribution in [1.82, 2.24) is 9.47 Å². The lowest BCUT2D eigenvalue weighted by atomic mass is 10.1. The van der Waals surface area contributed by atoms with Gasteiger partial charge < -0.3 is 29.0 Å². The maximum Gasteiger partial charge on any atom is 0.410 e. The van der Waals surface area contributed by atoms with Gasteiger partial charge in [0.25, 0.3) is 5.91 Å². The lowest BCUT2D eigenvalue weighted by Gasteiger charge is -2.33. The van der Waals surface area contributed by atoms with Crippen molar-refractivity contribution >= 4 is 39.2 Å². The number of nitrogens with zero attached hydrogens (tertiary/aromatic N) is 2. The number of aromatic nitrogens is 1. The molecule has 1 N–H and O–H groups in total. The normalized spacial score (nSPS) is 14.2. The number of para-hydroxylation sites is 1. The summed E-state index contributed by atoms with van der Waals surface area (Å²) in [4.78, 5) is 27.1. The topological polar surface area (TPSA) is 82.0 Å². The Bertz CT molecular complexity index is 1480. The second-order valence-corrected chi connectivity index (χ2v) is 11.9. The van der Waals surface area contributed by atoms with Crippen LogP contribution < -0.4 is 14.8 Å². The third kappa shape index (κ3) is 6.59. The van der Waals surface area contributed by atoms with Gasteiger partial charge in [0, 0.05) is 44.2 Å². The number of benzene rings is 2. The van der Waals surface area contributed by atoms with Gasteiger partial charge in [0.05, 0.1) is 10.2 Å². The van der Waals surface area contributed by atoms with Gasteiger partial charge in [-0.2, -0.15) is 0 Å². The van der Waals surface area contributed by atoms with Crippen LogP contribution in [0.15, 0.2) is 66.0 Å². The van der Waals surface area contributed by atoms with Crippen molar-refractivity contribution in [2.75, 3.05) is 18.4 Å². The highest BCUT2D eigenvalue weighted by Crippen LogP contribution is 2.27. The quantitative estimate of drug-likeness (QED) is 0.267. The number of likely N-dealkylation sites (tertiary alicyclic amines) is 1. The van der Waals surface area contributed by atoms with Crippen LogP contribution in [-0.4, -0.2) is 46.3 Å². The molecule has 40 heavy (non-hydrogen) atoms. The van der Waals surface area contributed by atoms with Crippen molar-refractivity contribution in [3.05, 3.63) is 77.3 Å². The predicted molar refractivity (Wildman–Crippen MR) is 157 cm³/mol. The maximum absolute atomic E-state index is 13.0. The Morgan fingerprint density at radius 2 is 1.70 bits per heavy atom. The summed E-state index contributed by atoms with van der Waals surface area (Å²) in [7, 11) is 1.90. The van der Waals surface area contributed by atoms with E-state index < -0.39 is 5.60 Å². The molecule has 2 amide bonds. The fraction of sp³-hybridized carbons (Fsp3) is 0.355. The summed E-state index contributed by atoms with van der Waals surface area (Å²) in [6, 6.07) is 19.1. The van der Waals surface area contributed by atoms with E-state index in [0.29, 0.717) is 31.1 Å². The van der Waals surface area contributed by atoms with Crippen LogP contribution in [0.2, 0.25) is 0 Å². The smallest absolute Gasteiger partial charge is 0.410 e. The summed E-state index contributed by atoms with van der Waals surface area (Å²) in [6.07, 6.45) is 1.27. The van der Waals surface area contributed by atoms with E-state index in [1.807, 2.05) is 98.4 Å². The minimum absolute atomic E-state index is 0.0426. The van der Waals surface area contributed by atoms with Gasteiger partial charge in [-0.05, 0) is 68.6 Å². The average Bonchev–Trinajstić information content (AvgIpc) is 3.51. The summed E-state index contributed by atoms with van der Waals surface area (Å²) in [5, 5.41) is 5.07. The molecular formula is C31H35N3O5S. The highest BCUT2D eigenvalue weighted by Gasteiger charge is 2.27. The number of hydrogen-bond donors (Lipinski definition) is 1. The van der Waals surface area contributed by atoms with Gasteiger partial charge in [0.15, 0.2) is 0 Å². The molecule has 1 aliphatic heterocycles. The van der Waals surface area contributed by atoms with Gasteiger partial charge in [-0.1, -0.05) is 18.2 Å². The molecule has 5 rings (SSSR count). The Labute approximate surface area is 238 Å². The molecule has 1 saturated heterocycles. The van der Waals surface area contributed by atoms with Crippen LogP contribution in [0.25, 0.3) is 10.2 Å². The highest BCUT2D eigenvalue weighted by molar-refractivity contribution is 7.17. The molecule has 4 aromatic rings. The minimum atomic E-state index is -0.496. The molecule has 0 bridgehead atoms. The number of anilines is 1. The van der Waals surface area contributed by atoms with E-state index in [0.717, 1.165) is 40.1 Å². The van der Waals surface area contributed by atoms with Crippen LogP contribution >= 0.6 is 11.3 Å². The zero-order valence-electron chi connectivity index (χ0n) is 23.3. The molecular weight excluding hydrogens is 526 g/mol.